The molecule has 1 aliphatic heterocycles. The van der Waals surface area contributed by atoms with Gasteiger partial charge in [0.05, 0.1) is 5.56 Å². The predicted octanol–water partition coefficient (Wildman–Crippen LogP) is 2.71. The minimum Gasteiger partial charge on any atom is -0.334 e. The molecule has 2 rings (SSSR count). The first-order valence-electron chi connectivity index (χ1n) is 5.74. The average molecular weight is 253 g/mol. The molecule has 17 heavy (non-hydrogen) atoms. The normalized spacial score (nSPS) is 20.4. The van der Waals surface area contributed by atoms with Crippen LogP contribution in [0.4, 0.5) is 4.39 Å². The lowest BCUT2D eigenvalue weighted by Gasteiger charge is -2.33. The molecule has 4 heteroatoms. The van der Waals surface area contributed by atoms with Crippen molar-refractivity contribution in [2.24, 2.45) is 0 Å². The van der Waals surface area contributed by atoms with E-state index in [0.29, 0.717) is 6.54 Å². The van der Waals surface area contributed by atoms with Crippen molar-refractivity contribution in [1.29, 1.82) is 0 Å². The summed E-state index contributed by atoms with van der Waals surface area (Å²) < 4.78 is 13.6. The number of carbonyl (C=O) groups is 1. The molecular weight excluding hydrogens is 237 g/mol. The number of aryl methyl sites for hydroxylation is 1. The summed E-state index contributed by atoms with van der Waals surface area (Å²) in [5.74, 6) is 1.26. The molecular formula is C13H16FNOS. The molecule has 1 heterocycles. The number of hydrogen-bond acceptors (Lipinski definition) is 2. The number of rotatable bonds is 1. The standard InChI is InChI=1S/C13H16FNOS/c1-9-3-4-12(14)11(7-9)13(16)15-5-6-17-8-10(15)2/h3-4,7,10H,5-6,8H2,1-2H3. The largest absolute Gasteiger partial charge is 0.334 e. The van der Waals surface area contributed by atoms with E-state index >= 15 is 0 Å². The Morgan fingerprint density at radius 1 is 1.53 bits per heavy atom. The fourth-order valence-electron chi connectivity index (χ4n) is 1.99. The van der Waals surface area contributed by atoms with Gasteiger partial charge in [0.15, 0.2) is 0 Å². The van der Waals surface area contributed by atoms with Crippen LogP contribution in [-0.2, 0) is 0 Å². The Labute approximate surface area is 105 Å². The number of hydrogen-bond donors (Lipinski definition) is 0. The van der Waals surface area contributed by atoms with E-state index < -0.39 is 5.82 Å². The van der Waals surface area contributed by atoms with Crippen LogP contribution in [0.3, 0.4) is 0 Å². The van der Waals surface area contributed by atoms with E-state index in [9.17, 15) is 9.18 Å². The molecule has 0 spiro atoms. The quantitative estimate of drug-likeness (QED) is 0.767. The molecule has 1 atom stereocenters. The number of carbonyl (C=O) groups excluding carboxylic acids is 1. The van der Waals surface area contributed by atoms with Crippen molar-refractivity contribution in [2.75, 3.05) is 18.1 Å². The van der Waals surface area contributed by atoms with Gasteiger partial charge in [0.1, 0.15) is 5.82 Å². The number of thioether (sulfide) groups is 1. The Bertz CT molecular complexity index is 435. The Morgan fingerprint density at radius 2 is 2.29 bits per heavy atom. The van der Waals surface area contributed by atoms with Gasteiger partial charge in [-0.1, -0.05) is 11.6 Å². The Balaban J connectivity index is 2.26. The Hall–Kier alpha value is -1.03. The third-order valence-corrected chi connectivity index (χ3v) is 4.17. The second kappa shape index (κ2) is 5.08. The van der Waals surface area contributed by atoms with Crippen LogP contribution in [-0.4, -0.2) is 34.9 Å². The fourth-order valence-corrected chi connectivity index (χ4v) is 3.00. The smallest absolute Gasteiger partial charge is 0.257 e. The molecule has 1 fully saturated rings. The van der Waals surface area contributed by atoms with Gasteiger partial charge in [0.2, 0.25) is 0 Å². The number of nitrogens with zero attached hydrogens (tertiary/aromatic N) is 1. The average Bonchev–Trinajstić information content (AvgIpc) is 2.32. The summed E-state index contributed by atoms with van der Waals surface area (Å²) in [6.07, 6.45) is 0. The SMILES string of the molecule is Cc1ccc(F)c(C(=O)N2CCSCC2C)c1. The van der Waals surface area contributed by atoms with Gasteiger partial charge < -0.3 is 4.90 Å². The predicted molar refractivity (Wildman–Crippen MR) is 69.0 cm³/mol. The zero-order valence-corrected chi connectivity index (χ0v) is 10.9. The summed E-state index contributed by atoms with van der Waals surface area (Å²) in [6, 6.07) is 4.86. The maximum absolute atomic E-state index is 13.6. The molecule has 1 amide bonds. The van der Waals surface area contributed by atoms with E-state index in [1.165, 1.54) is 6.07 Å². The molecule has 1 aromatic carbocycles. The zero-order valence-electron chi connectivity index (χ0n) is 10.1. The second-order valence-electron chi connectivity index (χ2n) is 4.41. The lowest BCUT2D eigenvalue weighted by molar-refractivity contribution is 0.0711. The first-order valence-corrected chi connectivity index (χ1v) is 6.90. The van der Waals surface area contributed by atoms with Gasteiger partial charge in [0, 0.05) is 24.1 Å². The molecule has 0 radical (unpaired) electrons. The lowest BCUT2D eigenvalue weighted by Crippen LogP contribution is -2.44. The van der Waals surface area contributed by atoms with Crippen LogP contribution in [0.1, 0.15) is 22.8 Å². The van der Waals surface area contributed by atoms with Crippen molar-refractivity contribution in [3.63, 3.8) is 0 Å². The van der Waals surface area contributed by atoms with Crippen molar-refractivity contribution >= 4 is 17.7 Å². The maximum Gasteiger partial charge on any atom is 0.257 e. The lowest BCUT2D eigenvalue weighted by atomic mass is 10.1. The minimum absolute atomic E-state index is 0.181. The molecule has 1 unspecified atom stereocenters. The highest BCUT2D eigenvalue weighted by atomic mass is 32.2. The van der Waals surface area contributed by atoms with Gasteiger partial charge in [-0.05, 0) is 26.0 Å². The van der Waals surface area contributed by atoms with Gasteiger partial charge in [-0.2, -0.15) is 11.8 Å². The first-order chi connectivity index (χ1) is 8.09. The molecule has 0 N–H and O–H groups in total. The Kier molecular flexibility index (Phi) is 3.72. The van der Waals surface area contributed by atoms with E-state index in [-0.39, 0.29) is 17.5 Å². The van der Waals surface area contributed by atoms with Gasteiger partial charge in [-0.3, -0.25) is 4.79 Å². The molecule has 0 bridgehead atoms. The first kappa shape index (κ1) is 12.4. The fraction of sp³-hybridized carbons (Fsp3) is 0.462. The molecule has 92 valence electrons. The second-order valence-corrected chi connectivity index (χ2v) is 5.56. The summed E-state index contributed by atoms with van der Waals surface area (Å²) in [4.78, 5) is 14.0. The van der Waals surface area contributed by atoms with Crippen LogP contribution in [0.5, 0.6) is 0 Å². The molecule has 2 nitrogen and oxygen atoms in total. The highest BCUT2D eigenvalue weighted by molar-refractivity contribution is 7.99. The minimum atomic E-state index is -0.425. The van der Waals surface area contributed by atoms with Crippen LogP contribution in [0, 0.1) is 12.7 Å². The topological polar surface area (TPSA) is 20.3 Å². The highest BCUT2D eigenvalue weighted by Crippen LogP contribution is 2.20. The van der Waals surface area contributed by atoms with E-state index in [4.69, 9.17) is 0 Å². The third-order valence-electron chi connectivity index (χ3n) is 2.98. The van der Waals surface area contributed by atoms with E-state index in [1.54, 1.807) is 17.0 Å². The van der Waals surface area contributed by atoms with Crippen LogP contribution in [0.2, 0.25) is 0 Å². The van der Waals surface area contributed by atoms with Crippen molar-refractivity contribution in [2.45, 2.75) is 19.9 Å². The van der Waals surface area contributed by atoms with Gasteiger partial charge in [-0.25, -0.2) is 4.39 Å². The monoisotopic (exact) mass is 253 g/mol. The summed E-state index contributed by atoms with van der Waals surface area (Å²) in [7, 11) is 0. The third kappa shape index (κ3) is 2.63. The molecule has 1 aromatic rings. The van der Waals surface area contributed by atoms with Crippen molar-refractivity contribution < 1.29 is 9.18 Å². The molecule has 1 saturated heterocycles. The van der Waals surface area contributed by atoms with Crippen LogP contribution >= 0.6 is 11.8 Å². The van der Waals surface area contributed by atoms with Gasteiger partial charge >= 0.3 is 0 Å². The van der Waals surface area contributed by atoms with Gasteiger partial charge in [-0.15, -0.1) is 0 Å². The number of benzene rings is 1. The summed E-state index contributed by atoms with van der Waals surface area (Å²) in [6.45, 7) is 4.58. The molecule has 0 saturated carbocycles. The zero-order chi connectivity index (χ0) is 12.4. The van der Waals surface area contributed by atoms with E-state index in [1.807, 2.05) is 25.6 Å². The van der Waals surface area contributed by atoms with Crippen molar-refractivity contribution in [1.82, 2.24) is 4.90 Å². The summed E-state index contributed by atoms with van der Waals surface area (Å²) in [5.41, 5.74) is 1.11. The maximum atomic E-state index is 13.6. The number of halogens is 1. The van der Waals surface area contributed by atoms with Crippen LogP contribution < -0.4 is 0 Å². The molecule has 0 aliphatic carbocycles. The highest BCUT2D eigenvalue weighted by Gasteiger charge is 2.26. The summed E-state index contributed by atoms with van der Waals surface area (Å²) in [5, 5.41) is 0. The van der Waals surface area contributed by atoms with E-state index in [2.05, 4.69) is 0 Å². The summed E-state index contributed by atoms with van der Waals surface area (Å²) >= 11 is 1.84. The van der Waals surface area contributed by atoms with Crippen molar-refractivity contribution in [3.05, 3.63) is 35.1 Å². The molecule has 0 aromatic heterocycles. The van der Waals surface area contributed by atoms with Crippen LogP contribution in [0.15, 0.2) is 18.2 Å². The van der Waals surface area contributed by atoms with Crippen molar-refractivity contribution in [3.8, 4) is 0 Å². The molecule has 1 aliphatic rings. The van der Waals surface area contributed by atoms with Gasteiger partial charge in [0.25, 0.3) is 5.91 Å². The number of amides is 1. The van der Waals surface area contributed by atoms with Crippen LogP contribution in [0.25, 0.3) is 0 Å². The van der Waals surface area contributed by atoms with E-state index in [0.717, 1.165) is 17.1 Å². The Morgan fingerprint density at radius 3 is 3.00 bits per heavy atom.